The molecule has 0 amide bonds. The highest BCUT2D eigenvalue weighted by Crippen LogP contribution is 2.41. The van der Waals surface area contributed by atoms with E-state index in [-0.39, 0.29) is 6.17 Å². The minimum atomic E-state index is -0.0955. The molecule has 1 aromatic heterocycles. The molecule has 0 saturated carbocycles. The van der Waals surface area contributed by atoms with Crippen molar-refractivity contribution in [1.29, 1.82) is 0 Å². The van der Waals surface area contributed by atoms with Gasteiger partial charge in [-0.05, 0) is 48.9 Å². The fraction of sp³-hybridized carbons (Fsp3) is 0.174. The van der Waals surface area contributed by atoms with Crippen molar-refractivity contribution in [2.75, 3.05) is 19.0 Å². The van der Waals surface area contributed by atoms with Crippen LogP contribution in [0.25, 0.3) is 22.4 Å². The number of imidazole rings is 1. The standard InChI is InChI=1S/C23H21N3O2/c1-3-28-20-13-12-15(14-21(20)27-2)22-24-17-9-5-4-8-16(17)23-25-18-10-6-7-11-19(18)26(22)23/h4-14,22,24H,3H2,1-2H3/t22-/m0/s1. The molecule has 140 valence electrons. The minimum Gasteiger partial charge on any atom is -0.493 e. The lowest BCUT2D eigenvalue weighted by Crippen LogP contribution is -2.24. The molecular formula is C23H21N3O2. The van der Waals surface area contributed by atoms with Crippen molar-refractivity contribution in [3.05, 3.63) is 72.3 Å². The van der Waals surface area contributed by atoms with Crippen molar-refractivity contribution >= 4 is 16.7 Å². The van der Waals surface area contributed by atoms with E-state index in [1.807, 2.05) is 43.3 Å². The van der Waals surface area contributed by atoms with Crippen molar-refractivity contribution in [3.8, 4) is 22.9 Å². The maximum Gasteiger partial charge on any atom is 0.161 e. The van der Waals surface area contributed by atoms with Crippen LogP contribution in [-0.4, -0.2) is 23.3 Å². The minimum absolute atomic E-state index is 0.0955. The van der Waals surface area contributed by atoms with Gasteiger partial charge in [0.2, 0.25) is 0 Å². The molecule has 0 bridgehead atoms. The number of para-hydroxylation sites is 3. The predicted octanol–water partition coefficient (Wildman–Crippen LogP) is 5.08. The molecule has 5 rings (SSSR count). The van der Waals surface area contributed by atoms with Crippen LogP contribution in [0.1, 0.15) is 18.7 Å². The zero-order valence-electron chi connectivity index (χ0n) is 15.8. The molecule has 5 nitrogen and oxygen atoms in total. The number of methoxy groups -OCH3 is 1. The molecule has 0 saturated heterocycles. The molecule has 0 radical (unpaired) electrons. The molecule has 2 heterocycles. The molecule has 5 heteroatoms. The van der Waals surface area contributed by atoms with Gasteiger partial charge in [-0.2, -0.15) is 0 Å². The summed E-state index contributed by atoms with van der Waals surface area (Å²) in [6.45, 7) is 2.57. The second kappa shape index (κ2) is 6.60. The van der Waals surface area contributed by atoms with E-state index < -0.39 is 0 Å². The lowest BCUT2D eigenvalue weighted by atomic mass is 10.1. The summed E-state index contributed by atoms with van der Waals surface area (Å²) < 4.78 is 13.5. The van der Waals surface area contributed by atoms with Gasteiger partial charge in [0.05, 0.1) is 24.8 Å². The number of hydrogen-bond acceptors (Lipinski definition) is 4. The normalized spacial score (nSPS) is 14.9. The number of hydrogen-bond donors (Lipinski definition) is 1. The maximum absolute atomic E-state index is 5.69. The van der Waals surface area contributed by atoms with Gasteiger partial charge < -0.3 is 14.8 Å². The molecule has 28 heavy (non-hydrogen) atoms. The van der Waals surface area contributed by atoms with E-state index in [1.165, 1.54) is 0 Å². The van der Waals surface area contributed by atoms with Gasteiger partial charge in [-0.1, -0.05) is 30.3 Å². The number of ether oxygens (including phenoxy) is 2. The molecule has 0 aliphatic carbocycles. The second-order valence-electron chi connectivity index (χ2n) is 6.73. The van der Waals surface area contributed by atoms with Crippen molar-refractivity contribution < 1.29 is 9.47 Å². The van der Waals surface area contributed by atoms with E-state index in [9.17, 15) is 0 Å². The van der Waals surface area contributed by atoms with Gasteiger partial charge in [-0.3, -0.25) is 4.57 Å². The average molecular weight is 371 g/mol. The topological polar surface area (TPSA) is 48.3 Å². The molecule has 0 spiro atoms. The Hall–Kier alpha value is -3.47. The van der Waals surface area contributed by atoms with Gasteiger partial charge in [0.25, 0.3) is 0 Å². The molecule has 3 aromatic carbocycles. The molecule has 4 aromatic rings. The van der Waals surface area contributed by atoms with E-state index in [2.05, 4.69) is 40.2 Å². The van der Waals surface area contributed by atoms with Crippen LogP contribution in [0.3, 0.4) is 0 Å². The Bertz CT molecular complexity index is 1170. The van der Waals surface area contributed by atoms with Gasteiger partial charge >= 0.3 is 0 Å². The van der Waals surface area contributed by atoms with Crippen molar-refractivity contribution in [3.63, 3.8) is 0 Å². The summed E-state index contributed by atoms with van der Waals surface area (Å²) in [5.74, 6) is 2.44. The van der Waals surface area contributed by atoms with Gasteiger partial charge in [-0.25, -0.2) is 4.98 Å². The largest absolute Gasteiger partial charge is 0.493 e. The molecule has 1 aliphatic heterocycles. The molecule has 1 N–H and O–H groups in total. The van der Waals surface area contributed by atoms with Crippen LogP contribution in [0.15, 0.2) is 66.7 Å². The Balaban J connectivity index is 1.72. The predicted molar refractivity (Wildman–Crippen MR) is 111 cm³/mol. The Kier molecular flexibility index (Phi) is 3.93. The Morgan fingerprint density at radius 2 is 1.82 bits per heavy atom. The van der Waals surface area contributed by atoms with E-state index in [4.69, 9.17) is 14.5 Å². The first-order valence-electron chi connectivity index (χ1n) is 9.43. The van der Waals surface area contributed by atoms with Crippen molar-refractivity contribution in [2.24, 2.45) is 0 Å². The van der Waals surface area contributed by atoms with Crippen LogP contribution in [0, 0.1) is 0 Å². The molecule has 1 atom stereocenters. The van der Waals surface area contributed by atoms with E-state index >= 15 is 0 Å². The number of anilines is 1. The van der Waals surface area contributed by atoms with Gasteiger partial charge in [0, 0.05) is 11.3 Å². The second-order valence-corrected chi connectivity index (χ2v) is 6.73. The van der Waals surface area contributed by atoms with Crippen LogP contribution in [0.2, 0.25) is 0 Å². The summed E-state index contributed by atoms with van der Waals surface area (Å²) >= 11 is 0. The monoisotopic (exact) mass is 371 g/mol. The third kappa shape index (κ3) is 2.51. The first-order chi connectivity index (χ1) is 13.8. The first kappa shape index (κ1) is 16.7. The lowest BCUT2D eigenvalue weighted by molar-refractivity contribution is 0.310. The highest BCUT2D eigenvalue weighted by molar-refractivity contribution is 5.86. The third-order valence-corrected chi connectivity index (χ3v) is 5.12. The number of benzene rings is 3. The highest BCUT2D eigenvalue weighted by Gasteiger charge is 2.28. The van der Waals surface area contributed by atoms with Crippen LogP contribution >= 0.6 is 0 Å². The van der Waals surface area contributed by atoms with Gasteiger partial charge in [-0.15, -0.1) is 0 Å². The quantitative estimate of drug-likeness (QED) is 0.543. The summed E-state index contributed by atoms with van der Waals surface area (Å²) in [5.41, 5.74) is 5.34. The third-order valence-electron chi connectivity index (χ3n) is 5.12. The van der Waals surface area contributed by atoms with Crippen molar-refractivity contribution in [2.45, 2.75) is 13.1 Å². The van der Waals surface area contributed by atoms with Crippen LogP contribution in [0.5, 0.6) is 11.5 Å². The van der Waals surface area contributed by atoms with Gasteiger partial charge in [0.15, 0.2) is 11.5 Å². The fourth-order valence-corrected chi connectivity index (χ4v) is 3.87. The Labute approximate surface area is 163 Å². The number of rotatable bonds is 4. The number of fused-ring (bicyclic) bond motifs is 5. The number of nitrogens with zero attached hydrogens (tertiary/aromatic N) is 2. The highest BCUT2D eigenvalue weighted by atomic mass is 16.5. The SMILES string of the molecule is CCOc1ccc([C@H]2Nc3ccccc3-c3nc4ccccc4n32)cc1OC. The molecular weight excluding hydrogens is 350 g/mol. The fourth-order valence-electron chi connectivity index (χ4n) is 3.87. The van der Waals surface area contributed by atoms with Gasteiger partial charge in [0.1, 0.15) is 12.0 Å². The summed E-state index contributed by atoms with van der Waals surface area (Å²) in [4.78, 5) is 4.93. The summed E-state index contributed by atoms with van der Waals surface area (Å²) in [5, 5.41) is 3.68. The number of aromatic nitrogens is 2. The van der Waals surface area contributed by atoms with Crippen LogP contribution in [-0.2, 0) is 0 Å². The van der Waals surface area contributed by atoms with Crippen LogP contribution < -0.4 is 14.8 Å². The summed E-state index contributed by atoms with van der Waals surface area (Å²) in [7, 11) is 1.67. The zero-order valence-corrected chi connectivity index (χ0v) is 15.8. The first-order valence-corrected chi connectivity index (χ1v) is 9.43. The zero-order chi connectivity index (χ0) is 19.1. The summed E-state index contributed by atoms with van der Waals surface area (Å²) in [6, 6.07) is 22.6. The summed E-state index contributed by atoms with van der Waals surface area (Å²) in [6.07, 6.45) is -0.0955. The molecule has 0 unspecified atom stereocenters. The Morgan fingerprint density at radius 3 is 2.68 bits per heavy atom. The van der Waals surface area contributed by atoms with E-state index in [0.29, 0.717) is 6.61 Å². The maximum atomic E-state index is 5.69. The van der Waals surface area contributed by atoms with Crippen LogP contribution in [0.4, 0.5) is 5.69 Å². The lowest BCUT2D eigenvalue weighted by Gasteiger charge is -2.30. The van der Waals surface area contributed by atoms with Crippen molar-refractivity contribution in [1.82, 2.24) is 9.55 Å². The number of nitrogens with one attached hydrogen (secondary N) is 1. The average Bonchev–Trinajstić information content (AvgIpc) is 3.14. The van der Waals surface area contributed by atoms with E-state index in [0.717, 1.165) is 45.2 Å². The Morgan fingerprint density at radius 1 is 1.00 bits per heavy atom. The van der Waals surface area contributed by atoms with E-state index in [1.54, 1.807) is 7.11 Å². The molecule has 0 fully saturated rings. The smallest absolute Gasteiger partial charge is 0.161 e. The molecule has 1 aliphatic rings.